The molecule has 27 heavy (non-hydrogen) atoms. The fourth-order valence-electron chi connectivity index (χ4n) is 2.65. The fraction of sp³-hybridized carbons (Fsp3) is 0.421. The lowest BCUT2D eigenvalue weighted by atomic mass is 10.1. The van der Waals surface area contributed by atoms with Gasteiger partial charge in [0.1, 0.15) is 11.0 Å². The van der Waals surface area contributed by atoms with Crippen LogP contribution in [0.4, 0.5) is 5.82 Å². The van der Waals surface area contributed by atoms with Gasteiger partial charge in [0, 0.05) is 37.0 Å². The van der Waals surface area contributed by atoms with Crippen LogP contribution in [0.25, 0.3) is 0 Å². The second-order valence-corrected chi connectivity index (χ2v) is 7.50. The molecule has 0 aliphatic carbocycles. The van der Waals surface area contributed by atoms with E-state index in [-0.39, 0.29) is 5.91 Å². The summed E-state index contributed by atoms with van der Waals surface area (Å²) in [5.41, 5.74) is 1.77. The smallest absolute Gasteiger partial charge is 0.251 e. The minimum Gasteiger partial charge on any atom is -0.378 e. The van der Waals surface area contributed by atoms with Gasteiger partial charge >= 0.3 is 0 Å². The number of anilines is 1. The molecule has 0 saturated carbocycles. The Balaban J connectivity index is 1.61. The molecule has 1 aliphatic rings. The Hall–Kier alpha value is -1.83. The second-order valence-electron chi connectivity index (χ2n) is 6.17. The van der Waals surface area contributed by atoms with Gasteiger partial charge in [0.15, 0.2) is 5.16 Å². The third-order valence-electron chi connectivity index (χ3n) is 4.12. The maximum atomic E-state index is 12.0. The van der Waals surface area contributed by atoms with Crippen molar-refractivity contribution in [1.82, 2.24) is 15.3 Å². The third kappa shape index (κ3) is 5.82. The molecular weight excluding hydrogens is 384 g/mol. The summed E-state index contributed by atoms with van der Waals surface area (Å²) in [5, 5.41) is 3.97. The first kappa shape index (κ1) is 19.9. The summed E-state index contributed by atoms with van der Waals surface area (Å²) in [7, 11) is 0. The van der Waals surface area contributed by atoms with Gasteiger partial charge in [-0.05, 0) is 24.1 Å². The van der Waals surface area contributed by atoms with Gasteiger partial charge < -0.3 is 15.0 Å². The molecule has 1 aromatic carbocycles. The van der Waals surface area contributed by atoms with E-state index in [0.717, 1.165) is 30.9 Å². The number of ether oxygens (including phenoxy) is 1. The molecule has 0 radical (unpaired) electrons. The normalized spacial score (nSPS) is 14.2. The number of aromatic nitrogens is 2. The van der Waals surface area contributed by atoms with Crippen molar-refractivity contribution < 1.29 is 9.53 Å². The van der Waals surface area contributed by atoms with Gasteiger partial charge in [0.05, 0.1) is 13.2 Å². The number of morpholine rings is 1. The molecular formula is C19H23ClN4O2S. The van der Waals surface area contributed by atoms with E-state index in [4.69, 9.17) is 16.3 Å². The summed E-state index contributed by atoms with van der Waals surface area (Å²) < 4.78 is 5.38. The molecule has 1 aromatic heterocycles. The first-order chi connectivity index (χ1) is 13.2. The van der Waals surface area contributed by atoms with Crippen LogP contribution in [0.1, 0.15) is 29.3 Å². The number of rotatable bonds is 7. The Labute approximate surface area is 168 Å². The van der Waals surface area contributed by atoms with Crippen LogP contribution in [0.3, 0.4) is 0 Å². The quantitative estimate of drug-likeness (QED) is 0.432. The van der Waals surface area contributed by atoms with Gasteiger partial charge in [-0.2, -0.15) is 0 Å². The Morgan fingerprint density at radius 1 is 1.26 bits per heavy atom. The number of thioether (sulfide) groups is 1. The summed E-state index contributed by atoms with van der Waals surface area (Å²) in [5.74, 6) is 1.51. The number of nitrogens with zero attached hydrogens (tertiary/aromatic N) is 3. The number of halogens is 1. The van der Waals surface area contributed by atoms with Crippen LogP contribution in [0, 0.1) is 0 Å². The van der Waals surface area contributed by atoms with Crippen molar-refractivity contribution in [3.05, 3.63) is 46.6 Å². The number of benzene rings is 1. The molecule has 2 heterocycles. The molecule has 0 bridgehead atoms. The average Bonchev–Trinajstić information content (AvgIpc) is 2.71. The predicted molar refractivity (Wildman–Crippen MR) is 109 cm³/mol. The van der Waals surface area contributed by atoms with Crippen LogP contribution in [0.15, 0.2) is 35.5 Å². The van der Waals surface area contributed by atoms with Crippen LogP contribution in [0.2, 0.25) is 5.15 Å². The van der Waals surface area contributed by atoms with Gasteiger partial charge in [0.25, 0.3) is 5.91 Å². The van der Waals surface area contributed by atoms with E-state index in [2.05, 4.69) is 20.2 Å². The lowest BCUT2D eigenvalue weighted by molar-refractivity contribution is 0.0953. The van der Waals surface area contributed by atoms with Crippen LogP contribution in [-0.4, -0.2) is 48.7 Å². The highest BCUT2D eigenvalue weighted by Crippen LogP contribution is 2.25. The summed E-state index contributed by atoms with van der Waals surface area (Å²) in [6.07, 6.45) is 0.923. The van der Waals surface area contributed by atoms with Crippen molar-refractivity contribution in [1.29, 1.82) is 0 Å². The Morgan fingerprint density at radius 3 is 2.70 bits per heavy atom. The number of carbonyl (C=O) groups excluding carboxylic acids is 1. The first-order valence-electron chi connectivity index (χ1n) is 9.03. The molecule has 2 aromatic rings. The van der Waals surface area contributed by atoms with E-state index in [0.29, 0.717) is 41.4 Å². The minimum atomic E-state index is -0.0376. The summed E-state index contributed by atoms with van der Waals surface area (Å²) in [4.78, 5) is 23.1. The van der Waals surface area contributed by atoms with E-state index in [1.165, 1.54) is 11.8 Å². The molecule has 8 heteroatoms. The zero-order valence-corrected chi connectivity index (χ0v) is 16.9. The molecule has 0 unspecified atom stereocenters. The number of hydrogen-bond acceptors (Lipinski definition) is 6. The minimum absolute atomic E-state index is 0.0376. The molecule has 1 aliphatic heterocycles. The van der Waals surface area contributed by atoms with E-state index < -0.39 is 0 Å². The van der Waals surface area contributed by atoms with Gasteiger partial charge in [-0.15, -0.1) is 0 Å². The van der Waals surface area contributed by atoms with Gasteiger partial charge in [0.2, 0.25) is 0 Å². The lowest BCUT2D eigenvalue weighted by Gasteiger charge is -2.27. The Kier molecular flexibility index (Phi) is 7.32. The highest BCUT2D eigenvalue weighted by Gasteiger charge is 2.15. The van der Waals surface area contributed by atoms with Crippen LogP contribution >= 0.6 is 23.4 Å². The number of nitrogens with one attached hydrogen (secondary N) is 1. The van der Waals surface area contributed by atoms with Crippen molar-refractivity contribution in [2.24, 2.45) is 0 Å². The molecule has 144 valence electrons. The topological polar surface area (TPSA) is 67.4 Å². The maximum absolute atomic E-state index is 12.0. The molecule has 3 rings (SSSR count). The summed E-state index contributed by atoms with van der Waals surface area (Å²) in [6.45, 7) is 5.72. The third-order valence-corrected chi connectivity index (χ3v) is 5.23. The molecule has 1 amide bonds. The fourth-order valence-corrected chi connectivity index (χ4v) is 3.68. The molecule has 1 N–H and O–H groups in total. The van der Waals surface area contributed by atoms with Crippen molar-refractivity contribution >= 4 is 35.1 Å². The maximum Gasteiger partial charge on any atom is 0.251 e. The Bertz CT molecular complexity index is 767. The van der Waals surface area contributed by atoms with Crippen molar-refractivity contribution in [2.75, 3.05) is 37.7 Å². The van der Waals surface area contributed by atoms with Crippen molar-refractivity contribution in [3.8, 4) is 0 Å². The van der Waals surface area contributed by atoms with Gasteiger partial charge in [-0.25, -0.2) is 9.97 Å². The first-order valence-corrected chi connectivity index (χ1v) is 10.4. The van der Waals surface area contributed by atoms with E-state index in [1.807, 2.05) is 31.2 Å². The molecule has 6 nitrogen and oxygen atoms in total. The van der Waals surface area contributed by atoms with E-state index in [9.17, 15) is 4.79 Å². The summed E-state index contributed by atoms with van der Waals surface area (Å²) in [6, 6.07) is 9.40. The molecule has 1 saturated heterocycles. The van der Waals surface area contributed by atoms with Crippen LogP contribution in [-0.2, 0) is 10.5 Å². The predicted octanol–water partition coefficient (Wildman–Crippen LogP) is 3.40. The monoisotopic (exact) mass is 406 g/mol. The largest absolute Gasteiger partial charge is 0.378 e. The van der Waals surface area contributed by atoms with E-state index >= 15 is 0 Å². The molecule has 0 spiro atoms. The number of carbonyl (C=O) groups is 1. The van der Waals surface area contributed by atoms with E-state index in [1.54, 1.807) is 6.07 Å². The van der Waals surface area contributed by atoms with Gasteiger partial charge in [-0.3, -0.25) is 4.79 Å². The van der Waals surface area contributed by atoms with Crippen molar-refractivity contribution in [3.63, 3.8) is 0 Å². The SMILES string of the molecule is CCCNC(=O)c1ccc(CSc2nc(Cl)cc(N3CCOCC3)n2)cc1. The van der Waals surface area contributed by atoms with Gasteiger partial charge in [-0.1, -0.05) is 42.4 Å². The van der Waals surface area contributed by atoms with Crippen LogP contribution < -0.4 is 10.2 Å². The highest BCUT2D eigenvalue weighted by molar-refractivity contribution is 7.98. The molecule has 0 atom stereocenters. The van der Waals surface area contributed by atoms with Crippen LogP contribution in [0.5, 0.6) is 0 Å². The molecule has 1 fully saturated rings. The summed E-state index contributed by atoms with van der Waals surface area (Å²) >= 11 is 7.71. The van der Waals surface area contributed by atoms with Crippen molar-refractivity contribution in [2.45, 2.75) is 24.3 Å². The lowest BCUT2D eigenvalue weighted by Crippen LogP contribution is -2.36. The zero-order valence-electron chi connectivity index (χ0n) is 15.3. The zero-order chi connectivity index (χ0) is 19.1. The Morgan fingerprint density at radius 2 is 2.00 bits per heavy atom. The number of hydrogen-bond donors (Lipinski definition) is 1. The highest BCUT2D eigenvalue weighted by atomic mass is 35.5. The number of amides is 1. The second kappa shape index (κ2) is 9.92. The average molecular weight is 407 g/mol. The standard InChI is InChI=1S/C19H23ClN4O2S/c1-2-7-21-18(25)15-5-3-14(4-6-15)13-27-19-22-16(20)12-17(23-19)24-8-10-26-11-9-24/h3-6,12H,2,7-11,13H2,1H3,(H,21,25).